The van der Waals surface area contributed by atoms with Crippen molar-refractivity contribution in [2.24, 2.45) is 11.8 Å². The number of rotatable bonds is 0. The number of amides is 2. The lowest BCUT2D eigenvalue weighted by atomic mass is 10.1. The molecule has 1 N–H and O–H groups in total. The molecular formula is C10H16F2N2O. The van der Waals surface area contributed by atoms with Crippen LogP contribution in [0.15, 0.2) is 0 Å². The molecule has 2 fully saturated rings. The normalized spacial score (nSPS) is 34.2. The van der Waals surface area contributed by atoms with Crippen LogP contribution in [0.4, 0.5) is 13.6 Å². The third kappa shape index (κ3) is 1.58. The molecule has 2 rings (SSSR count). The number of carbonyl (C=O) groups is 1. The number of fused-ring (bicyclic) bond motifs is 1. The van der Waals surface area contributed by atoms with Crippen molar-refractivity contribution >= 4 is 6.03 Å². The maximum atomic E-state index is 13.2. The molecule has 1 heterocycles. The van der Waals surface area contributed by atoms with Crippen LogP contribution in [0.3, 0.4) is 0 Å². The Hall–Kier alpha value is -0.870. The van der Waals surface area contributed by atoms with Gasteiger partial charge in [-0.2, -0.15) is 0 Å². The SMILES string of the molecule is CC(C)(C)N1CC2C(CNC1=O)C2(F)F. The Balaban J connectivity index is 2.16. The van der Waals surface area contributed by atoms with E-state index in [9.17, 15) is 13.6 Å². The zero-order chi connectivity index (χ0) is 11.4. The summed E-state index contributed by atoms with van der Waals surface area (Å²) in [7, 11) is 0. The maximum Gasteiger partial charge on any atom is 0.317 e. The second-order valence-electron chi connectivity index (χ2n) is 5.35. The van der Waals surface area contributed by atoms with E-state index < -0.39 is 23.3 Å². The summed E-state index contributed by atoms with van der Waals surface area (Å²) in [4.78, 5) is 13.1. The highest BCUT2D eigenvalue weighted by Crippen LogP contribution is 2.56. The Morgan fingerprint density at radius 2 is 2.00 bits per heavy atom. The predicted octanol–water partition coefficient (Wildman–Crippen LogP) is 1.69. The lowest BCUT2D eigenvalue weighted by molar-refractivity contribution is 0.0645. The first kappa shape index (κ1) is 10.6. The molecule has 2 unspecified atom stereocenters. The molecule has 86 valence electrons. The van der Waals surface area contributed by atoms with E-state index in [2.05, 4.69) is 5.32 Å². The fraction of sp³-hybridized carbons (Fsp3) is 0.900. The predicted molar refractivity (Wildman–Crippen MR) is 51.8 cm³/mol. The number of alkyl halides is 2. The van der Waals surface area contributed by atoms with Crippen LogP contribution in [0, 0.1) is 11.8 Å². The molecule has 2 atom stereocenters. The number of hydrogen-bond acceptors (Lipinski definition) is 1. The second-order valence-corrected chi connectivity index (χ2v) is 5.35. The number of nitrogens with zero attached hydrogens (tertiary/aromatic N) is 1. The van der Waals surface area contributed by atoms with E-state index >= 15 is 0 Å². The van der Waals surface area contributed by atoms with Gasteiger partial charge in [0.1, 0.15) is 0 Å². The van der Waals surface area contributed by atoms with Gasteiger partial charge in [0.15, 0.2) is 0 Å². The Morgan fingerprint density at radius 3 is 2.53 bits per heavy atom. The van der Waals surface area contributed by atoms with E-state index in [0.717, 1.165) is 0 Å². The van der Waals surface area contributed by atoms with Gasteiger partial charge in [0.2, 0.25) is 0 Å². The van der Waals surface area contributed by atoms with Crippen molar-refractivity contribution in [1.29, 1.82) is 0 Å². The van der Waals surface area contributed by atoms with Crippen LogP contribution in [0.5, 0.6) is 0 Å². The molecule has 3 nitrogen and oxygen atoms in total. The molecule has 0 aromatic rings. The molecule has 0 radical (unpaired) electrons. The van der Waals surface area contributed by atoms with Crippen LogP contribution in [-0.4, -0.2) is 35.5 Å². The smallest absolute Gasteiger partial charge is 0.317 e. The number of urea groups is 1. The molecule has 0 aromatic heterocycles. The molecule has 1 aliphatic heterocycles. The summed E-state index contributed by atoms with van der Waals surface area (Å²) in [6, 6.07) is -0.231. The second kappa shape index (κ2) is 2.83. The third-order valence-corrected chi connectivity index (χ3v) is 3.27. The first-order valence-corrected chi connectivity index (χ1v) is 5.18. The van der Waals surface area contributed by atoms with Crippen LogP contribution >= 0.6 is 0 Å². The Labute approximate surface area is 87.8 Å². The van der Waals surface area contributed by atoms with Gasteiger partial charge >= 0.3 is 6.03 Å². The molecule has 1 aliphatic carbocycles. The summed E-state index contributed by atoms with van der Waals surface area (Å²) in [5, 5.41) is 2.56. The summed E-state index contributed by atoms with van der Waals surface area (Å²) < 4.78 is 26.4. The van der Waals surface area contributed by atoms with Gasteiger partial charge < -0.3 is 10.2 Å². The first-order chi connectivity index (χ1) is 6.74. The van der Waals surface area contributed by atoms with Crippen molar-refractivity contribution in [1.82, 2.24) is 10.2 Å². The van der Waals surface area contributed by atoms with Gasteiger partial charge in [-0.05, 0) is 20.8 Å². The van der Waals surface area contributed by atoms with Gasteiger partial charge in [0, 0.05) is 18.6 Å². The van der Waals surface area contributed by atoms with Crippen LogP contribution in [0.1, 0.15) is 20.8 Å². The summed E-state index contributed by atoms with van der Waals surface area (Å²) >= 11 is 0. The van der Waals surface area contributed by atoms with Crippen molar-refractivity contribution in [3.63, 3.8) is 0 Å². The highest BCUT2D eigenvalue weighted by Gasteiger charge is 2.69. The van der Waals surface area contributed by atoms with Crippen molar-refractivity contribution in [3.8, 4) is 0 Å². The fourth-order valence-corrected chi connectivity index (χ4v) is 2.14. The van der Waals surface area contributed by atoms with Crippen molar-refractivity contribution in [2.45, 2.75) is 32.2 Å². The summed E-state index contributed by atoms with van der Waals surface area (Å²) in [5.41, 5.74) is -0.405. The van der Waals surface area contributed by atoms with Crippen molar-refractivity contribution < 1.29 is 13.6 Å². The number of hydrogen-bond donors (Lipinski definition) is 1. The molecule has 0 aromatic carbocycles. The fourth-order valence-electron chi connectivity index (χ4n) is 2.14. The number of halogens is 2. The zero-order valence-electron chi connectivity index (χ0n) is 9.18. The first-order valence-electron chi connectivity index (χ1n) is 5.18. The topological polar surface area (TPSA) is 32.3 Å². The van der Waals surface area contributed by atoms with E-state index in [-0.39, 0.29) is 19.1 Å². The minimum absolute atomic E-state index is 0.100. The maximum absolute atomic E-state index is 13.2. The minimum atomic E-state index is -2.59. The van der Waals surface area contributed by atoms with Gasteiger partial charge in [-0.1, -0.05) is 0 Å². The molecule has 1 saturated heterocycles. The van der Waals surface area contributed by atoms with E-state index in [1.807, 2.05) is 20.8 Å². The van der Waals surface area contributed by atoms with Gasteiger partial charge in [0.25, 0.3) is 5.92 Å². The summed E-state index contributed by atoms with van der Waals surface area (Å²) in [5.74, 6) is -3.90. The Bertz CT molecular complexity index is 298. The van der Waals surface area contributed by atoms with Crippen LogP contribution in [0.25, 0.3) is 0 Å². The molecule has 0 bridgehead atoms. The van der Waals surface area contributed by atoms with Gasteiger partial charge in [-0.25, -0.2) is 13.6 Å². The highest BCUT2D eigenvalue weighted by molar-refractivity contribution is 5.75. The molecule has 2 aliphatic rings. The van der Waals surface area contributed by atoms with Crippen LogP contribution in [0.2, 0.25) is 0 Å². The summed E-state index contributed by atoms with van der Waals surface area (Å²) in [6.07, 6.45) is 0. The summed E-state index contributed by atoms with van der Waals surface area (Å²) in [6.45, 7) is 5.82. The van der Waals surface area contributed by atoms with E-state index in [1.54, 1.807) is 0 Å². The number of nitrogens with one attached hydrogen (secondary N) is 1. The molecule has 2 amide bonds. The molecular weight excluding hydrogens is 202 g/mol. The van der Waals surface area contributed by atoms with E-state index in [0.29, 0.717) is 0 Å². The monoisotopic (exact) mass is 218 g/mol. The zero-order valence-corrected chi connectivity index (χ0v) is 9.18. The average molecular weight is 218 g/mol. The standard InChI is InChI=1S/C10H16F2N2O/c1-9(2,3)14-5-7-6(10(7,11)12)4-13-8(14)15/h6-7H,4-5H2,1-3H3,(H,13,15). The quantitative estimate of drug-likeness (QED) is 0.659. The van der Waals surface area contributed by atoms with Crippen molar-refractivity contribution in [2.75, 3.05) is 13.1 Å². The lowest BCUT2D eigenvalue weighted by Crippen LogP contribution is -2.50. The van der Waals surface area contributed by atoms with Crippen LogP contribution in [-0.2, 0) is 0 Å². The number of carbonyl (C=O) groups excluding carboxylic acids is 1. The highest BCUT2D eigenvalue weighted by atomic mass is 19.3. The lowest BCUT2D eigenvalue weighted by Gasteiger charge is -2.35. The van der Waals surface area contributed by atoms with Gasteiger partial charge in [0.05, 0.1) is 11.8 Å². The largest absolute Gasteiger partial charge is 0.337 e. The van der Waals surface area contributed by atoms with Gasteiger partial charge in [-0.15, -0.1) is 0 Å². The molecule has 0 spiro atoms. The van der Waals surface area contributed by atoms with Crippen LogP contribution < -0.4 is 5.32 Å². The van der Waals surface area contributed by atoms with Crippen molar-refractivity contribution in [3.05, 3.63) is 0 Å². The Morgan fingerprint density at radius 1 is 1.40 bits per heavy atom. The average Bonchev–Trinajstić information content (AvgIpc) is 2.63. The van der Waals surface area contributed by atoms with E-state index in [4.69, 9.17) is 0 Å². The molecule has 15 heavy (non-hydrogen) atoms. The van der Waals surface area contributed by atoms with Gasteiger partial charge in [-0.3, -0.25) is 0 Å². The Kier molecular flexibility index (Phi) is 2.01. The molecule has 5 heteroatoms. The minimum Gasteiger partial charge on any atom is -0.337 e. The third-order valence-electron chi connectivity index (χ3n) is 3.27. The van der Waals surface area contributed by atoms with E-state index in [1.165, 1.54) is 4.90 Å². The molecule has 1 saturated carbocycles.